The molecular weight excluding hydrogens is 994 g/mol. The van der Waals surface area contributed by atoms with Gasteiger partial charge in [0.1, 0.15) is 34.6 Å². The number of nitrogens with zero attached hydrogens (tertiary/aromatic N) is 5. The fourth-order valence-electron chi connectivity index (χ4n) is 12.0. The van der Waals surface area contributed by atoms with E-state index >= 15 is 0 Å². The molecule has 16 rings (SSSR count). The molecule has 0 fully saturated rings. The molecule has 81 heavy (non-hydrogen) atoms. The van der Waals surface area contributed by atoms with E-state index in [-0.39, 0.29) is 40.1 Å². The van der Waals surface area contributed by atoms with Gasteiger partial charge in [-0.25, -0.2) is 4.98 Å². The van der Waals surface area contributed by atoms with Gasteiger partial charge in [-0.05, 0) is 129 Å². The van der Waals surface area contributed by atoms with Gasteiger partial charge >= 0.3 is 0 Å². The van der Waals surface area contributed by atoms with Gasteiger partial charge in [0, 0.05) is 39.6 Å². The molecule has 14 aromatic rings. The van der Waals surface area contributed by atoms with E-state index in [9.17, 15) is 0 Å². The molecule has 8 nitrogen and oxygen atoms in total. The molecular formula is C72H50BN5O3. The maximum Gasteiger partial charge on any atom is 0.269 e. The van der Waals surface area contributed by atoms with Crippen LogP contribution in [-0.4, -0.2) is 25.4 Å². The Hall–Kier alpha value is -10.4. The molecule has 10 aromatic carbocycles. The number of benzene rings is 10. The zero-order chi connectivity index (χ0) is 62.6. The van der Waals surface area contributed by atoms with Crippen molar-refractivity contribution in [1.29, 1.82) is 0 Å². The summed E-state index contributed by atoms with van der Waals surface area (Å²) in [7, 11) is 0. The van der Waals surface area contributed by atoms with Crippen LogP contribution < -0.4 is 35.2 Å². The van der Waals surface area contributed by atoms with Gasteiger partial charge in [0.25, 0.3) is 13.0 Å². The number of hydrogen-bond donors (Lipinski definition) is 0. The highest BCUT2D eigenvalue weighted by Gasteiger charge is 2.43. The van der Waals surface area contributed by atoms with E-state index in [0.717, 1.165) is 89.3 Å². The van der Waals surface area contributed by atoms with Gasteiger partial charge in [-0.1, -0.05) is 172 Å². The number of imidazole rings is 1. The second-order valence-electron chi connectivity index (χ2n) is 21.3. The third-order valence-electron chi connectivity index (χ3n) is 15.6. The number of para-hydroxylation sites is 5. The number of ether oxygens (including phenoxy) is 3. The van der Waals surface area contributed by atoms with Crippen LogP contribution in [0.1, 0.15) is 40.0 Å². The maximum absolute atomic E-state index is 9.12. The van der Waals surface area contributed by atoms with E-state index in [0.29, 0.717) is 28.2 Å². The first-order chi connectivity index (χ1) is 43.9. The Bertz CT molecular complexity index is 5350. The molecule has 0 saturated heterocycles. The van der Waals surface area contributed by atoms with Crippen molar-refractivity contribution in [2.75, 3.05) is 0 Å². The smallest absolute Gasteiger partial charge is 0.269 e. The number of hydrogen-bond acceptors (Lipinski definition) is 4. The van der Waals surface area contributed by atoms with Crippen LogP contribution in [0.5, 0.6) is 34.6 Å². The van der Waals surface area contributed by atoms with Crippen LogP contribution in [0.4, 0.5) is 0 Å². The fourth-order valence-corrected chi connectivity index (χ4v) is 12.0. The lowest BCUT2D eigenvalue weighted by Crippen LogP contribution is -2.57. The highest BCUT2D eigenvalue weighted by atomic mass is 16.5. The third-order valence-corrected chi connectivity index (χ3v) is 15.6. The molecule has 2 aliphatic rings. The van der Waals surface area contributed by atoms with Crippen LogP contribution in [0.15, 0.2) is 249 Å². The highest BCUT2D eigenvalue weighted by Crippen LogP contribution is 2.43. The summed E-state index contributed by atoms with van der Waals surface area (Å²) >= 11 is 0. The summed E-state index contributed by atoms with van der Waals surface area (Å²) in [6.07, 6.45) is 5.34. The monoisotopic (exact) mass is 1050 g/mol. The van der Waals surface area contributed by atoms with Crippen LogP contribution in [-0.2, 0) is 5.41 Å². The van der Waals surface area contributed by atoms with Crippen molar-refractivity contribution in [3.05, 3.63) is 261 Å². The highest BCUT2D eigenvalue weighted by molar-refractivity contribution is 6.99. The number of rotatable bonds is 8. The Morgan fingerprint density at radius 3 is 2.01 bits per heavy atom. The first kappa shape index (κ1) is 37.4. The van der Waals surface area contributed by atoms with Crippen LogP contribution in [0.25, 0.3) is 88.9 Å². The number of pyridine rings is 1. The Kier molecular flexibility index (Phi) is 8.36. The van der Waals surface area contributed by atoms with Crippen molar-refractivity contribution in [2.24, 2.45) is 0 Å². The minimum atomic E-state index is -0.576. The molecule has 0 bridgehead atoms. The standard InChI is InChI=1S/C72H50BN5O3/c1-72(2,3)48-39-40-74-67(41-48)78-60-38-35-50(77-59-29-12-10-25-56(59)68-71(77)81-66-34-18-33-65-69(66)73(68)58-28-11-15-32-64(58)80-65)43-57(60)55-37-36-52(44-63(55)78)79-51-24-16-23-49(42-51)75-45-76(62-31-14-13-30-61(62)75)70-53(46-19-6-4-7-20-46)26-17-27-54(70)47-21-8-5-9-22-47/h4-44H,1-3H3/i4D,5D,6D,7D,8D,9D,19D,20D,21D,22D. The molecule has 0 unspecified atom stereocenters. The number of fused-ring (bicyclic) bond motifs is 10. The summed E-state index contributed by atoms with van der Waals surface area (Å²) in [6, 6.07) is 53.9. The van der Waals surface area contributed by atoms with Crippen LogP contribution in [0.2, 0.25) is 0 Å². The van der Waals surface area contributed by atoms with E-state index in [2.05, 4.69) is 109 Å². The summed E-state index contributed by atoms with van der Waals surface area (Å²) in [4.78, 5) is 5.02. The molecule has 0 amide bonds. The van der Waals surface area contributed by atoms with Crippen LogP contribution >= 0.6 is 0 Å². The molecule has 4 aromatic heterocycles. The molecule has 0 atom stereocenters. The largest absolute Gasteiger partial charge is 0.458 e. The lowest BCUT2D eigenvalue weighted by atomic mass is 9.35. The summed E-state index contributed by atoms with van der Waals surface area (Å²) in [5.74, 6) is 4.86. The molecule has 0 N–H and O–H groups in total. The van der Waals surface area contributed by atoms with Gasteiger partial charge in [0.15, 0.2) is 0 Å². The average Bonchev–Trinajstić information content (AvgIpc) is 1.63. The van der Waals surface area contributed by atoms with Crippen molar-refractivity contribution in [3.8, 4) is 79.8 Å². The topological polar surface area (TPSA) is 59.3 Å². The van der Waals surface area contributed by atoms with Gasteiger partial charge in [-0.2, -0.15) is 0 Å². The molecule has 0 radical (unpaired) electrons. The van der Waals surface area contributed by atoms with Gasteiger partial charge in [-0.3, -0.25) is 18.3 Å². The molecule has 9 heteroatoms. The Morgan fingerprint density at radius 2 is 1.21 bits per heavy atom. The van der Waals surface area contributed by atoms with E-state index in [4.69, 9.17) is 32.9 Å². The van der Waals surface area contributed by atoms with E-state index in [1.165, 1.54) is 0 Å². The summed E-state index contributed by atoms with van der Waals surface area (Å²) in [6.45, 7) is 6.43. The minimum absolute atomic E-state index is 0.133. The predicted molar refractivity (Wildman–Crippen MR) is 326 cm³/mol. The minimum Gasteiger partial charge on any atom is -0.458 e. The summed E-state index contributed by atoms with van der Waals surface area (Å²) < 4.78 is 116. The SMILES string of the molecule is [2H]c1c([2H])c([2H])c(-c2cccc(-c3c([2H])c([2H])c([2H])c([2H])c3[2H])c2-[n+]2[c-]n(-c3cccc(Oc4ccc5c6cc(-n7c8c(c9ccccc97)B7c9ccccc9Oc9cccc(c97)O8)ccc6n(-c6cc(C(C)(C)C)ccn6)c5c4)c3)c3ccccc32)c([2H])c1[2H]. The molecule has 0 aliphatic carbocycles. The molecule has 0 saturated carbocycles. The van der Waals surface area contributed by atoms with Crippen molar-refractivity contribution in [3.63, 3.8) is 0 Å². The van der Waals surface area contributed by atoms with Crippen LogP contribution in [0.3, 0.4) is 0 Å². The van der Waals surface area contributed by atoms with E-state index in [1.54, 1.807) is 27.3 Å². The summed E-state index contributed by atoms with van der Waals surface area (Å²) in [5, 5.41) is 3.03. The van der Waals surface area contributed by atoms with Crippen molar-refractivity contribution in [2.45, 2.75) is 26.2 Å². The molecule has 384 valence electrons. The van der Waals surface area contributed by atoms with Crippen molar-refractivity contribution in [1.82, 2.24) is 18.7 Å². The maximum atomic E-state index is 9.12. The Labute approximate surface area is 482 Å². The predicted octanol–water partition coefficient (Wildman–Crippen LogP) is 15.3. The normalized spacial score (nSPS) is 14.3. The first-order valence-corrected chi connectivity index (χ1v) is 26.7. The molecule has 0 spiro atoms. The Balaban J connectivity index is 0.841. The van der Waals surface area contributed by atoms with Crippen LogP contribution in [0, 0.1) is 6.33 Å². The first-order valence-electron chi connectivity index (χ1n) is 31.7. The average molecular weight is 1050 g/mol. The van der Waals surface area contributed by atoms with E-state index < -0.39 is 60.4 Å². The molecule has 2 aliphatic heterocycles. The second-order valence-corrected chi connectivity index (χ2v) is 21.3. The van der Waals surface area contributed by atoms with Gasteiger partial charge < -0.3 is 14.2 Å². The van der Waals surface area contributed by atoms with Crippen molar-refractivity contribution < 1.29 is 32.5 Å². The Morgan fingerprint density at radius 1 is 0.531 bits per heavy atom. The van der Waals surface area contributed by atoms with Crippen molar-refractivity contribution >= 4 is 66.8 Å². The summed E-state index contributed by atoms with van der Waals surface area (Å²) in [5.41, 5.74) is 9.77. The molecule has 6 heterocycles. The third kappa shape index (κ3) is 7.46. The van der Waals surface area contributed by atoms with Gasteiger partial charge in [0.2, 0.25) is 5.88 Å². The lowest BCUT2D eigenvalue weighted by molar-refractivity contribution is -0.571. The van der Waals surface area contributed by atoms with Gasteiger partial charge in [0.05, 0.1) is 52.7 Å². The van der Waals surface area contributed by atoms with Gasteiger partial charge in [-0.15, -0.1) is 0 Å². The zero-order valence-electron chi connectivity index (χ0n) is 53.9. The second kappa shape index (κ2) is 18.1. The number of aromatic nitrogens is 5. The quantitative estimate of drug-likeness (QED) is 0.0864. The van der Waals surface area contributed by atoms with E-state index in [1.807, 2.05) is 97.2 Å². The fraction of sp³-hybridized carbons (Fsp3) is 0.0556. The lowest BCUT2D eigenvalue weighted by Gasteiger charge is -2.32. The zero-order valence-corrected chi connectivity index (χ0v) is 43.9.